The lowest BCUT2D eigenvalue weighted by atomic mass is 10.1. The Hall–Kier alpha value is -3.58. The summed E-state index contributed by atoms with van der Waals surface area (Å²) in [6, 6.07) is 20.3. The van der Waals surface area contributed by atoms with Crippen LogP contribution in [0.5, 0.6) is 11.5 Å². The van der Waals surface area contributed by atoms with Crippen LogP contribution in [0.15, 0.2) is 73.1 Å². The second-order valence-electron chi connectivity index (χ2n) is 5.89. The maximum absolute atomic E-state index is 6.16. The highest BCUT2D eigenvalue weighted by molar-refractivity contribution is 7.22. The number of H-pyrrole nitrogens is 1. The van der Waals surface area contributed by atoms with Crippen LogP contribution in [0, 0.1) is 0 Å². The van der Waals surface area contributed by atoms with Crippen LogP contribution >= 0.6 is 11.3 Å². The van der Waals surface area contributed by atoms with Crippen molar-refractivity contribution in [3.8, 4) is 33.3 Å². The standard InChI is InChI=1S/C20H13N5OS/c1-2-5-13(6-3-1)14-7-4-8-15(9-14)26-17-11-21-12-19-16(17)10-18(27-19)20-22-24-25-23-20/h1-12H,(H,22,23,24,25). The molecule has 2 aromatic carbocycles. The van der Waals surface area contributed by atoms with Crippen molar-refractivity contribution < 1.29 is 4.74 Å². The van der Waals surface area contributed by atoms with Gasteiger partial charge in [0.2, 0.25) is 5.82 Å². The number of fused-ring (bicyclic) bond motifs is 1. The first-order valence-corrected chi connectivity index (χ1v) is 9.13. The zero-order valence-corrected chi connectivity index (χ0v) is 14.9. The van der Waals surface area contributed by atoms with Gasteiger partial charge in [-0.1, -0.05) is 42.5 Å². The van der Waals surface area contributed by atoms with Crippen LogP contribution in [0.1, 0.15) is 0 Å². The van der Waals surface area contributed by atoms with Crippen molar-refractivity contribution in [1.29, 1.82) is 0 Å². The van der Waals surface area contributed by atoms with Crippen LogP contribution < -0.4 is 4.74 Å². The number of nitrogens with zero attached hydrogens (tertiary/aromatic N) is 4. The number of ether oxygens (including phenoxy) is 1. The molecule has 0 bridgehead atoms. The van der Waals surface area contributed by atoms with Crippen LogP contribution in [0.4, 0.5) is 0 Å². The van der Waals surface area contributed by atoms with E-state index in [1.54, 1.807) is 17.5 Å². The van der Waals surface area contributed by atoms with Crippen LogP contribution in [0.25, 0.3) is 31.9 Å². The number of benzene rings is 2. The number of hydrogen-bond acceptors (Lipinski definition) is 6. The first-order chi connectivity index (χ1) is 13.4. The van der Waals surface area contributed by atoms with Gasteiger partial charge in [-0.3, -0.25) is 4.98 Å². The number of nitrogens with one attached hydrogen (secondary N) is 1. The zero-order valence-electron chi connectivity index (χ0n) is 14.0. The van der Waals surface area contributed by atoms with E-state index in [1.807, 2.05) is 48.7 Å². The quantitative estimate of drug-likeness (QED) is 0.484. The Labute approximate surface area is 158 Å². The highest BCUT2D eigenvalue weighted by Crippen LogP contribution is 2.38. The average molecular weight is 371 g/mol. The summed E-state index contributed by atoms with van der Waals surface area (Å²) in [5.41, 5.74) is 2.25. The minimum absolute atomic E-state index is 0.563. The van der Waals surface area contributed by atoms with Crippen molar-refractivity contribution in [2.24, 2.45) is 0 Å². The van der Waals surface area contributed by atoms with Crippen LogP contribution in [0.3, 0.4) is 0 Å². The summed E-state index contributed by atoms with van der Waals surface area (Å²) < 4.78 is 7.17. The molecule has 0 saturated carbocycles. The summed E-state index contributed by atoms with van der Waals surface area (Å²) in [6.45, 7) is 0. The maximum atomic E-state index is 6.16. The maximum Gasteiger partial charge on any atom is 0.214 e. The van der Waals surface area contributed by atoms with Gasteiger partial charge in [-0.05, 0) is 34.5 Å². The molecule has 3 aromatic heterocycles. The Balaban J connectivity index is 1.52. The largest absolute Gasteiger partial charge is 0.455 e. The lowest BCUT2D eigenvalue weighted by Gasteiger charge is -2.08. The summed E-state index contributed by atoms with van der Waals surface area (Å²) in [6.07, 6.45) is 3.54. The fourth-order valence-electron chi connectivity index (χ4n) is 2.89. The van der Waals surface area contributed by atoms with Gasteiger partial charge in [0.15, 0.2) is 5.75 Å². The van der Waals surface area contributed by atoms with Gasteiger partial charge in [0.25, 0.3) is 0 Å². The molecule has 0 radical (unpaired) electrons. The predicted octanol–water partition coefficient (Wildman–Crippen LogP) is 4.94. The third-order valence-corrected chi connectivity index (χ3v) is 5.21. The summed E-state index contributed by atoms with van der Waals surface area (Å²) in [7, 11) is 0. The molecule has 0 aliphatic rings. The van der Waals surface area contributed by atoms with Gasteiger partial charge in [-0.25, -0.2) is 0 Å². The molecule has 1 N–H and O–H groups in total. The van der Waals surface area contributed by atoms with Gasteiger partial charge in [-0.2, -0.15) is 5.21 Å². The normalized spacial score (nSPS) is 11.0. The molecule has 3 heterocycles. The second-order valence-corrected chi connectivity index (χ2v) is 6.98. The van der Waals surface area contributed by atoms with Crippen molar-refractivity contribution in [2.75, 3.05) is 0 Å². The number of aromatic nitrogens is 5. The van der Waals surface area contributed by atoms with E-state index in [0.717, 1.165) is 31.8 Å². The molecule has 0 amide bonds. The Morgan fingerprint density at radius 2 is 1.78 bits per heavy atom. The molecule has 0 atom stereocenters. The van der Waals surface area contributed by atoms with E-state index >= 15 is 0 Å². The fourth-order valence-corrected chi connectivity index (χ4v) is 3.86. The van der Waals surface area contributed by atoms with E-state index in [9.17, 15) is 0 Å². The number of tetrazole rings is 1. The molecule has 130 valence electrons. The first kappa shape index (κ1) is 15.7. The van der Waals surface area contributed by atoms with Crippen molar-refractivity contribution in [2.45, 2.75) is 0 Å². The Morgan fingerprint density at radius 3 is 2.63 bits per heavy atom. The van der Waals surface area contributed by atoms with Crippen molar-refractivity contribution >= 4 is 21.4 Å². The van der Waals surface area contributed by atoms with Crippen LogP contribution in [-0.4, -0.2) is 25.6 Å². The van der Waals surface area contributed by atoms with Crippen molar-refractivity contribution in [3.63, 3.8) is 0 Å². The summed E-state index contributed by atoms with van der Waals surface area (Å²) in [5.74, 6) is 2.02. The molecule has 7 heteroatoms. The van der Waals surface area contributed by atoms with Crippen LogP contribution in [-0.2, 0) is 0 Å². The minimum atomic E-state index is 0.563. The number of thiophene rings is 1. The van der Waals surface area contributed by atoms with Gasteiger partial charge in [-0.15, -0.1) is 21.5 Å². The topological polar surface area (TPSA) is 76.6 Å². The van der Waals surface area contributed by atoms with E-state index in [2.05, 4.69) is 43.8 Å². The summed E-state index contributed by atoms with van der Waals surface area (Å²) in [5, 5.41) is 15.2. The number of aromatic amines is 1. The Kier molecular flexibility index (Phi) is 3.84. The molecule has 6 nitrogen and oxygen atoms in total. The molecule has 0 fully saturated rings. The smallest absolute Gasteiger partial charge is 0.214 e. The van der Waals surface area contributed by atoms with E-state index < -0.39 is 0 Å². The second kappa shape index (κ2) is 6.62. The van der Waals surface area contributed by atoms with E-state index in [0.29, 0.717) is 11.6 Å². The predicted molar refractivity (Wildman–Crippen MR) is 105 cm³/mol. The number of hydrogen-bond donors (Lipinski definition) is 1. The lowest BCUT2D eigenvalue weighted by molar-refractivity contribution is 0.486. The van der Waals surface area contributed by atoms with Gasteiger partial charge >= 0.3 is 0 Å². The minimum Gasteiger partial charge on any atom is -0.455 e. The van der Waals surface area contributed by atoms with Gasteiger partial charge in [0.05, 0.1) is 15.8 Å². The van der Waals surface area contributed by atoms with Crippen LogP contribution in [0.2, 0.25) is 0 Å². The summed E-state index contributed by atoms with van der Waals surface area (Å²) in [4.78, 5) is 5.22. The Morgan fingerprint density at radius 1 is 0.889 bits per heavy atom. The highest BCUT2D eigenvalue weighted by atomic mass is 32.1. The monoisotopic (exact) mass is 371 g/mol. The highest BCUT2D eigenvalue weighted by Gasteiger charge is 2.13. The van der Waals surface area contributed by atoms with Crippen molar-refractivity contribution in [3.05, 3.63) is 73.1 Å². The van der Waals surface area contributed by atoms with E-state index in [1.165, 1.54) is 0 Å². The zero-order chi connectivity index (χ0) is 18.1. The van der Waals surface area contributed by atoms with Gasteiger partial charge < -0.3 is 4.74 Å². The van der Waals surface area contributed by atoms with Gasteiger partial charge in [0, 0.05) is 11.6 Å². The average Bonchev–Trinajstić information content (AvgIpc) is 3.39. The Bertz CT molecular complexity index is 1200. The molecule has 27 heavy (non-hydrogen) atoms. The third-order valence-electron chi connectivity index (χ3n) is 4.14. The molecule has 5 rings (SSSR count). The SMILES string of the molecule is c1ccc(-c2cccc(Oc3cncc4sc(-c5nn[nH]n5)cc34)c2)cc1. The molecule has 0 saturated heterocycles. The molecular formula is C20H13N5OS. The lowest BCUT2D eigenvalue weighted by Crippen LogP contribution is -1.87. The molecule has 5 aromatic rings. The van der Waals surface area contributed by atoms with Gasteiger partial charge in [0.1, 0.15) is 5.75 Å². The molecule has 0 spiro atoms. The third kappa shape index (κ3) is 3.04. The molecule has 0 aliphatic heterocycles. The van der Waals surface area contributed by atoms with Crippen molar-refractivity contribution in [1.82, 2.24) is 25.6 Å². The molecule has 0 aliphatic carbocycles. The molecule has 0 unspecified atom stereocenters. The van der Waals surface area contributed by atoms with E-state index in [-0.39, 0.29) is 0 Å². The fraction of sp³-hybridized carbons (Fsp3) is 0. The van der Waals surface area contributed by atoms with E-state index in [4.69, 9.17) is 4.74 Å². The summed E-state index contributed by atoms with van der Waals surface area (Å²) >= 11 is 1.55. The number of pyridine rings is 1. The molecular weight excluding hydrogens is 358 g/mol. The first-order valence-electron chi connectivity index (χ1n) is 8.31. The number of rotatable bonds is 4.